The Balaban J connectivity index is 1.43. The molecule has 1 N–H and O–H groups in total. The van der Waals surface area contributed by atoms with Gasteiger partial charge in [0, 0.05) is 36.9 Å². The summed E-state index contributed by atoms with van der Waals surface area (Å²) in [6.45, 7) is 0. The third-order valence-corrected chi connectivity index (χ3v) is 6.31. The molecule has 0 radical (unpaired) electrons. The van der Waals surface area contributed by atoms with Crippen molar-refractivity contribution in [3.05, 3.63) is 95.5 Å². The molecule has 0 aliphatic carbocycles. The normalized spacial score (nSPS) is 15.9. The van der Waals surface area contributed by atoms with Crippen molar-refractivity contribution in [1.82, 2.24) is 10.3 Å². The number of amidine groups is 1. The van der Waals surface area contributed by atoms with Gasteiger partial charge in [-0.25, -0.2) is 4.99 Å². The van der Waals surface area contributed by atoms with Gasteiger partial charge in [-0.3, -0.25) is 9.78 Å². The molecule has 1 saturated heterocycles. The molecule has 1 fully saturated rings. The minimum atomic E-state index is -0.141. The lowest BCUT2D eigenvalue weighted by molar-refractivity contribution is -0.115. The topological polar surface area (TPSA) is 57.6 Å². The maximum atomic E-state index is 12.6. The van der Waals surface area contributed by atoms with Crippen LogP contribution in [0.25, 0.3) is 28.1 Å². The van der Waals surface area contributed by atoms with Crippen LogP contribution >= 0.6 is 11.8 Å². The predicted octanol–water partition coefficient (Wildman–Crippen LogP) is 5.86. The number of carbonyl (C=O) groups excluding carboxylic acids is 1. The number of aliphatic imine (C=N–C) groups is 1. The van der Waals surface area contributed by atoms with E-state index in [1.54, 1.807) is 6.20 Å². The molecule has 162 valence electrons. The van der Waals surface area contributed by atoms with Crippen LogP contribution < -0.4 is 10.2 Å². The number of fused-ring (bicyclic) bond motifs is 1. The number of hydrogen-bond acceptors (Lipinski definition) is 5. The molecule has 5 rings (SSSR count). The molecule has 1 amide bonds. The van der Waals surface area contributed by atoms with Gasteiger partial charge in [-0.1, -0.05) is 42.5 Å². The Bertz CT molecular complexity index is 1410. The maximum absolute atomic E-state index is 12.6. The van der Waals surface area contributed by atoms with Gasteiger partial charge in [-0.2, -0.15) is 0 Å². The van der Waals surface area contributed by atoms with Crippen molar-refractivity contribution < 1.29 is 4.79 Å². The summed E-state index contributed by atoms with van der Waals surface area (Å²) in [6.07, 6.45) is 3.67. The quantitative estimate of drug-likeness (QED) is 0.396. The average Bonchev–Trinajstić information content (AvgIpc) is 3.17. The molecular formula is C27H22N4OS. The second kappa shape index (κ2) is 8.92. The summed E-state index contributed by atoms with van der Waals surface area (Å²) in [5, 5.41) is 4.51. The largest absolute Gasteiger partial charge is 0.378 e. The van der Waals surface area contributed by atoms with E-state index in [1.807, 2.05) is 74.8 Å². The molecule has 1 aliphatic heterocycles. The highest BCUT2D eigenvalue weighted by Crippen LogP contribution is 2.34. The van der Waals surface area contributed by atoms with Crippen molar-refractivity contribution >= 4 is 51.2 Å². The highest BCUT2D eigenvalue weighted by atomic mass is 32.2. The van der Waals surface area contributed by atoms with Crippen LogP contribution in [0.2, 0.25) is 0 Å². The summed E-state index contributed by atoms with van der Waals surface area (Å²) in [6, 6.07) is 26.2. The zero-order chi connectivity index (χ0) is 22.8. The van der Waals surface area contributed by atoms with Crippen LogP contribution in [0.5, 0.6) is 0 Å². The van der Waals surface area contributed by atoms with E-state index in [1.165, 1.54) is 11.8 Å². The van der Waals surface area contributed by atoms with E-state index in [4.69, 9.17) is 4.99 Å². The van der Waals surface area contributed by atoms with E-state index in [9.17, 15) is 4.79 Å². The van der Waals surface area contributed by atoms with Crippen molar-refractivity contribution in [1.29, 1.82) is 0 Å². The van der Waals surface area contributed by atoms with Crippen molar-refractivity contribution in [3.63, 3.8) is 0 Å². The first-order valence-electron chi connectivity index (χ1n) is 10.6. The van der Waals surface area contributed by atoms with Crippen LogP contribution in [0, 0.1) is 0 Å². The first-order chi connectivity index (χ1) is 16.1. The Kier molecular flexibility index (Phi) is 5.67. The lowest BCUT2D eigenvalue weighted by Crippen LogP contribution is -2.19. The fraction of sp³-hybridized carbons (Fsp3) is 0.0741. The van der Waals surface area contributed by atoms with E-state index in [0.29, 0.717) is 10.1 Å². The minimum Gasteiger partial charge on any atom is -0.378 e. The van der Waals surface area contributed by atoms with Crippen molar-refractivity contribution in [2.45, 2.75) is 0 Å². The first kappa shape index (κ1) is 21.0. The number of pyridine rings is 1. The zero-order valence-electron chi connectivity index (χ0n) is 18.3. The maximum Gasteiger partial charge on any atom is 0.264 e. The van der Waals surface area contributed by atoms with Gasteiger partial charge in [0.15, 0.2) is 5.17 Å². The number of nitrogens with zero attached hydrogens (tertiary/aromatic N) is 3. The van der Waals surface area contributed by atoms with Crippen LogP contribution in [0.15, 0.2) is 95.0 Å². The zero-order valence-corrected chi connectivity index (χ0v) is 19.1. The highest BCUT2D eigenvalue weighted by molar-refractivity contribution is 8.18. The molecule has 2 heterocycles. The molecule has 3 aromatic carbocycles. The molecule has 1 aromatic heterocycles. The van der Waals surface area contributed by atoms with E-state index >= 15 is 0 Å². The van der Waals surface area contributed by atoms with Gasteiger partial charge in [0.2, 0.25) is 0 Å². The lowest BCUT2D eigenvalue weighted by Gasteiger charge is -2.13. The van der Waals surface area contributed by atoms with E-state index in [2.05, 4.69) is 39.5 Å². The van der Waals surface area contributed by atoms with Gasteiger partial charge < -0.3 is 10.2 Å². The number of rotatable bonds is 4. The minimum absolute atomic E-state index is 0.141. The van der Waals surface area contributed by atoms with Gasteiger partial charge in [0.1, 0.15) is 0 Å². The summed E-state index contributed by atoms with van der Waals surface area (Å²) in [5.41, 5.74) is 5.94. The Hall–Kier alpha value is -3.90. The van der Waals surface area contributed by atoms with Gasteiger partial charge in [-0.05, 0) is 65.4 Å². The summed E-state index contributed by atoms with van der Waals surface area (Å²) in [5.74, 6) is -0.141. The van der Waals surface area contributed by atoms with E-state index in [-0.39, 0.29) is 5.91 Å². The number of anilines is 1. The van der Waals surface area contributed by atoms with Crippen molar-refractivity contribution in [2.75, 3.05) is 19.0 Å². The van der Waals surface area contributed by atoms with Gasteiger partial charge in [0.05, 0.1) is 16.1 Å². The number of carbonyl (C=O) groups is 1. The second-order valence-corrected chi connectivity index (χ2v) is 8.93. The van der Waals surface area contributed by atoms with E-state index < -0.39 is 0 Å². The Labute approximate surface area is 196 Å². The first-order valence-corrected chi connectivity index (χ1v) is 11.4. The number of amides is 1. The van der Waals surface area contributed by atoms with Gasteiger partial charge >= 0.3 is 0 Å². The number of hydrogen-bond donors (Lipinski definition) is 1. The second-order valence-electron chi connectivity index (χ2n) is 7.90. The van der Waals surface area contributed by atoms with Crippen molar-refractivity contribution in [3.8, 4) is 11.1 Å². The molecule has 6 heteroatoms. The van der Waals surface area contributed by atoms with E-state index in [0.717, 1.165) is 39.0 Å². The standard InChI is InChI=1S/C27H22N4OS/c1-31(2)21-12-10-19(11-13-21)22-7-3-4-8-24(22)29-27-30-26(32)25(33-27)17-18-9-14-23-20(16-18)6-5-15-28-23/h3-17H,1-2H3,(H,29,30,32)/b25-17+. The molecule has 0 unspecified atom stereocenters. The van der Waals surface area contributed by atoms with Gasteiger partial charge in [-0.15, -0.1) is 0 Å². The monoisotopic (exact) mass is 450 g/mol. The number of benzene rings is 3. The van der Waals surface area contributed by atoms with Crippen LogP contribution in [0.3, 0.4) is 0 Å². The lowest BCUT2D eigenvalue weighted by atomic mass is 10.0. The summed E-state index contributed by atoms with van der Waals surface area (Å²) in [4.78, 5) is 24.4. The number of para-hydroxylation sites is 1. The van der Waals surface area contributed by atoms with Crippen LogP contribution in [-0.2, 0) is 4.79 Å². The molecule has 0 saturated carbocycles. The fourth-order valence-corrected chi connectivity index (χ4v) is 4.51. The molecular weight excluding hydrogens is 428 g/mol. The third-order valence-electron chi connectivity index (χ3n) is 5.40. The smallest absolute Gasteiger partial charge is 0.264 e. The number of thioether (sulfide) groups is 1. The molecule has 5 nitrogen and oxygen atoms in total. The molecule has 0 atom stereocenters. The molecule has 0 spiro atoms. The number of nitrogens with one attached hydrogen (secondary N) is 1. The number of aromatic nitrogens is 1. The SMILES string of the molecule is CN(C)c1ccc(-c2ccccc2N=C2NC(=O)/C(=C\c3ccc4ncccc4c3)S2)cc1. The Morgan fingerprint density at radius 2 is 1.79 bits per heavy atom. The average molecular weight is 451 g/mol. The van der Waals surface area contributed by atoms with Crippen LogP contribution in [0.4, 0.5) is 11.4 Å². The Morgan fingerprint density at radius 1 is 0.970 bits per heavy atom. The molecule has 33 heavy (non-hydrogen) atoms. The molecule has 0 bridgehead atoms. The van der Waals surface area contributed by atoms with Crippen molar-refractivity contribution in [2.24, 2.45) is 4.99 Å². The van der Waals surface area contributed by atoms with Gasteiger partial charge in [0.25, 0.3) is 5.91 Å². The van der Waals surface area contributed by atoms with Crippen LogP contribution in [-0.4, -0.2) is 30.2 Å². The van der Waals surface area contributed by atoms with Crippen LogP contribution in [0.1, 0.15) is 5.56 Å². The Morgan fingerprint density at radius 3 is 2.61 bits per heavy atom. The fourth-order valence-electron chi connectivity index (χ4n) is 3.68. The summed E-state index contributed by atoms with van der Waals surface area (Å²) in [7, 11) is 4.05. The third kappa shape index (κ3) is 4.52. The molecule has 1 aliphatic rings. The molecule has 4 aromatic rings. The highest BCUT2D eigenvalue weighted by Gasteiger charge is 2.24. The summed E-state index contributed by atoms with van der Waals surface area (Å²) < 4.78 is 0. The summed E-state index contributed by atoms with van der Waals surface area (Å²) >= 11 is 1.35. The predicted molar refractivity (Wildman–Crippen MR) is 139 cm³/mol.